The summed E-state index contributed by atoms with van der Waals surface area (Å²) in [5.74, 6) is -0.341. The molecule has 1 aliphatic rings. The van der Waals surface area contributed by atoms with Crippen LogP contribution in [0.1, 0.15) is 17.5 Å². The van der Waals surface area contributed by atoms with E-state index in [1.807, 2.05) is 42.7 Å². The molecule has 3 N–H and O–H groups in total. The Morgan fingerprint density at radius 2 is 2.04 bits per heavy atom. The van der Waals surface area contributed by atoms with Crippen molar-refractivity contribution in [3.63, 3.8) is 0 Å². The van der Waals surface area contributed by atoms with E-state index in [0.29, 0.717) is 10.7 Å². The Balaban J connectivity index is 1.42. The second kappa shape index (κ2) is 7.18. The van der Waals surface area contributed by atoms with E-state index in [-0.39, 0.29) is 24.3 Å². The largest absolute Gasteiger partial charge is 0.361 e. The molecule has 1 aliphatic heterocycles. The van der Waals surface area contributed by atoms with E-state index >= 15 is 0 Å². The number of nitrogens with two attached hydrogens (primary N) is 1. The number of nitrogens with one attached hydrogen (secondary N) is 1. The third kappa shape index (κ3) is 3.36. The summed E-state index contributed by atoms with van der Waals surface area (Å²) in [6.07, 6.45) is 3.07. The van der Waals surface area contributed by atoms with Crippen molar-refractivity contribution in [2.24, 2.45) is 0 Å². The van der Waals surface area contributed by atoms with Crippen molar-refractivity contribution in [1.29, 1.82) is 0 Å². The first-order valence-electron chi connectivity index (χ1n) is 9.06. The number of amides is 2. The van der Waals surface area contributed by atoms with Crippen molar-refractivity contribution in [3.8, 4) is 0 Å². The SMILES string of the molecule is Cc1ccc(N2C(=O)C[C@H]([NH2+]CCc3c[nH]c4ccccc34)C2=O)cc1Cl. The van der Waals surface area contributed by atoms with Crippen LogP contribution in [0.3, 0.4) is 0 Å². The van der Waals surface area contributed by atoms with E-state index in [0.717, 1.165) is 24.0 Å². The number of nitrogens with zero attached hydrogens (tertiary/aromatic N) is 1. The molecular weight excluding hydrogens is 362 g/mol. The van der Waals surface area contributed by atoms with Crippen molar-refractivity contribution in [2.75, 3.05) is 11.4 Å². The van der Waals surface area contributed by atoms with Gasteiger partial charge in [-0.2, -0.15) is 0 Å². The number of anilines is 1. The molecule has 2 amide bonds. The Kier molecular flexibility index (Phi) is 4.72. The van der Waals surface area contributed by atoms with Crippen LogP contribution >= 0.6 is 11.6 Å². The maximum absolute atomic E-state index is 12.7. The van der Waals surface area contributed by atoms with Crippen molar-refractivity contribution < 1.29 is 14.9 Å². The van der Waals surface area contributed by atoms with Crippen molar-refractivity contribution >= 4 is 40.0 Å². The Morgan fingerprint density at radius 1 is 1.22 bits per heavy atom. The highest BCUT2D eigenvalue weighted by Gasteiger charge is 2.42. The van der Waals surface area contributed by atoms with Crippen LogP contribution in [0.5, 0.6) is 0 Å². The molecule has 27 heavy (non-hydrogen) atoms. The topological polar surface area (TPSA) is 69.8 Å². The lowest BCUT2D eigenvalue weighted by molar-refractivity contribution is -0.674. The van der Waals surface area contributed by atoms with Gasteiger partial charge in [-0.15, -0.1) is 0 Å². The lowest BCUT2D eigenvalue weighted by Crippen LogP contribution is -2.92. The molecule has 0 radical (unpaired) electrons. The fourth-order valence-electron chi connectivity index (χ4n) is 3.61. The highest BCUT2D eigenvalue weighted by Crippen LogP contribution is 2.26. The normalized spacial score (nSPS) is 17.3. The first-order valence-corrected chi connectivity index (χ1v) is 9.43. The number of aromatic nitrogens is 1. The van der Waals surface area contributed by atoms with Gasteiger partial charge in [0, 0.05) is 28.5 Å². The molecule has 3 aromatic rings. The number of rotatable bonds is 5. The van der Waals surface area contributed by atoms with Crippen molar-refractivity contribution in [1.82, 2.24) is 4.98 Å². The molecule has 4 rings (SSSR count). The average molecular weight is 383 g/mol. The predicted octanol–water partition coefficient (Wildman–Crippen LogP) is 2.57. The van der Waals surface area contributed by atoms with Crippen molar-refractivity contribution in [3.05, 3.63) is 64.8 Å². The highest BCUT2D eigenvalue weighted by molar-refractivity contribution is 6.32. The number of H-pyrrole nitrogens is 1. The molecule has 0 saturated carbocycles. The number of carbonyl (C=O) groups is 2. The van der Waals surface area contributed by atoms with Gasteiger partial charge in [-0.05, 0) is 36.2 Å². The summed E-state index contributed by atoms with van der Waals surface area (Å²) in [6, 6.07) is 13.1. The number of hydrogen-bond donors (Lipinski definition) is 2. The lowest BCUT2D eigenvalue weighted by atomic mass is 10.1. The number of aryl methyl sites for hydroxylation is 1. The molecule has 5 nitrogen and oxygen atoms in total. The quantitative estimate of drug-likeness (QED) is 0.666. The molecule has 1 saturated heterocycles. The van der Waals surface area contributed by atoms with Crippen LogP contribution in [-0.2, 0) is 16.0 Å². The smallest absolute Gasteiger partial charge is 0.292 e. The van der Waals surface area contributed by atoms with Crippen molar-refractivity contribution in [2.45, 2.75) is 25.8 Å². The number of para-hydroxylation sites is 1. The molecule has 0 spiro atoms. The average Bonchev–Trinajstić information content (AvgIpc) is 3.19. The molecule has 0 unspecified atom stereocenters. The fourth-order valence-corrected chi connectivity index (χ4v) is 3.78. The van der Waals surface area contributed by atoms with Crippen LogP contribution in [0.25, 0.3) is 10.9 Å². The van der Waals surface area contributed by atoms with Gasteiger partial charge in [0.2, 0.25) is 5.91 Å². The van der Waals surface area contributed by atoms with Gasteiger partial charge >= 0.3 is 0 Å². The minimum absolute atomic E-state index is 0.168. The number of carbonyl (C=O) groups excluding carboxylic acids is 2. The number of halogens is 1. The third-order valence-corrected chi connectivity index (χ3v) is 5.54. The Hall–Kier alpha value is -2.63. The minimum Gasteiger partial charge on any atom is -0.361 e. The predicted molar refractivity (Wildman–Crippen MR) is 106 cm³/mol. The zero-order valence-electron chi connectivity index (χ0n) is 15.0. The summed E-state index contributed by atoms with van der Waals surface area (Å²) in [7, 11) is 0. The number of quaternary nitrogens is 1. The fraction of sp³-hybridized carbons (Fsp3) is 0.238. The van der Waals surface area contributed by atoms with Gasteiger partial charge in [-0.1, -0.05) is 35.9 Å². The lowest BCUT2D eigenvalue weighted by Gasteiger charge is -2.15. The van der Waals surface area contributed by atoms with Crippen LogP contribution in [0.15, 0.2) is 48.7 Å². The number of aromatic amines is 1. The molecule has 2 aromatic carbocycles. The van der Waals surface area contributed by atoms with Gasteiger partial charge in [-0.25, -0.2) is 4.90 Å². The number of hydrogen-bond acceptors (Lipinski definition) is 2. The molecule has 1 aromatic heterocycles. The maximum Gasteiger partial charge on any atom is 0.292 e. The molecule has 1 fully saturated rings. The van der Waals surface area contributed by atoms with Crippen LogP contribution in [0.4, 0.5) is 5.69 Å². The second-order valence-corrected chi connectivity index (χ2v) is 7.35. The molecule has 6 heteroatoms. The van der Waals surface area contributed by atoms with Crippen LogP contribution in [0, 0.1) is 6.92 Å². The van der Waals surface area contributed by atoms with E-state index in [9.17, 15) is 9.59 Å². The molecular formula is C21H21ClN3O2+. The molecule has 1 atom stereocenters. The van der Waals surface area contributed by atoms with E-state index in [1.54, 1.807) is 12.1 Å². The van der Waals surface area contributed by atoms with E-state index in [1.165, 1.54) is 15.8 Å². The highest BCUT2D eigenvalue weighted by atomic mass is 35.5. The van der Waals surface area contributed by atoms with Crippen LogP contribution < -0.4 is 10.2 Å². The second-order valence-electron chi connectivity index (χ2n) is 6.95. The first kappa shape index (κ1) is 17.8. The monoisotopic (exact) mass is 382 g/mol. The zero-order valence-corrected chi connectivity index (χ0v) is 15.8. The summed E-state index contributed by atoms with van der Waals surface area (Å²) in [5, 5.41) is 3.73. The Morgan fingerprint density at radius 3 is 2.85 bits per heavy atom. The summed E-state index contributed by atoms with van der Waals surface area (Å²) < 4.78 is 0. The molecule has 138 valence electrons. The zero-order chi connectivity index (χ0) is 19.0. The van der Waals surface area contributed by atoms with Crippen LogP contribution in [-0.4, -0.2) is 29.4 Å². The summed E-state index contributed by atoms with van der Waals surface area (Å²) in [6.45, 7) is 2.63. The van der Waals surface area contributed by atoms with Crippen LogP contribution in [0.2, 0.25) is 5.02 Å². The molecule has 2 heterocycles. The van der Waals surface area contributed by atoms with Gasteiger partial charge in [0.25, 0.3) is 5.91 Å². The van der Waals surface area contributed by atoms with Gasteiger partial charge in [0.1, 0.15) is 0 Å². The van der Waals surface area contributed by atoms with E-state index in [4.69, 9.17) is 11.6 Å². The Bertz CT molecular complexity index is 1030. The van der Waals surface area contributed by atoms with Gasteiger partial charge in [-0.3, -0.25) is 9.59 Å². The number of fused-ring (bicyclic) bond motifs is 1. The molecule has 0 bridgehead atoms. The summed E-state index contributed by atoms with van der Waals surface area (Å²) >= 11 is 6.15. The van der Waals surface area contributed by atoms with Gasteiger partial charge in [0.05, 0.1) is 18.7 Å². The van der Waals surface area contributed by atoms with Gasteiger partial charge in [0.15, 0.2) is 6.04 Å². The van der Waals surface area contributed by atoms with Gasteiger partial charge < -0.3 is 10.3 Å². The Labute approximate surface area is 162 Å². The first-order chi connectivity index (χ1) is 13.0. The third-order valence-electron chi connectivity index (χ3n) is 5.13. The number of imide groups is 1. The summed E-state index contributed by atoms with van der Waals surface area (Å²) in [4.78, 5) is 29.7. The maximum atomic E-state index is 12.7. The number of benzene rings is 2. The minimum atomic E-state index is -0.372. The van der Waals surface area contributed by atoms with E-state index < -0.39 is 0 Å². The molecule has 0 aliphatic carbocycles. The van der Waals surface area contributed by atoms with E-state index in [2.05, 4.69) is 11.1 Å². The standard InChI is InChI=1S/C21H20ClN3O2/c1-13-6-7-15(10-17(13)22)25-20(26)11-19(21(25)27)23-9-8-14-12-24-18-5-3-2-4-16(14)18/h2-7,10,12,19,23-24H,8-9,11H2,1H3/p+1/t19-/m0/s1. The summed E-state index contributed by atoms with van der Waals surface area (Å²) in [5.41, 5.74) is 3.80.